The van der Waals surface area contributed by atoms with Crippen molar-refractivity contribution < 1.29 is 23.1 Å². The maximum absolute atomic E-state index is 12.1. The van der Waals surface area contributed by atoms with Crippen LogP contribution in [-0.2, 0) is 14.8 Å². The lowest BCUT2D eigenvalue weighted by Crippen LogP contribution is -2.39. The van der Waals surface area contributed by atoms with Crippen molar-refractivity contribution in [1.82, 2.24) is 10.0 Å². The van der Waals surface area contributed by atoms with Gasteiger partial charge in [-0.25, -0.2) is 17.9 Å². The minimum atomic E-state index is -3.95. The second-order valence-electron chi connectivity index (χ2n) is 4.83. The van der Waals surface area contributed by atoms with Gasteiger partial charge in [0, 0.05) is 6.04 Å². The molecule has 1 rings (SSSR count). The summed E-state index contributed by atoms with van der Waals surface area (Å²) < 4.78 is 26.4. The number of carbonyl (C=O) groups is 2. The molecule has 0 aromatic heterocycles. The first-order valence-corrected chi connectivity index (χ1v) is 7.75. The number of amides is 1. The largest absolute Gasteiger partial charge is 0.478 e. The van der Waals surface area contributed by atoms with E-state index in [1.54, 1.807) is 20.8 Å². The Balaban J connectivity index is 2.95. The molecule has 0 bridgehead atoms. The van der Waals surface area contributed by atoms with E-state index in [2.05, 4.69) is 10.0 Å². The van der Waals surface area contributed by atoms with Crippen molar-refractivity contribution >= 4 is 21.9 Å². The van der Waals surface area contributed by atoms with E-state index in [9.17, 15) is 18.0 Å². The molecule has 0 heterocycles. The number of aromatic carboxylic acids is 1. The topological polar surface area (TPSA) is 113 Å². The van der Waals surface area contributed by atoms with Crippen molar-refractivity contribution in [2.24, 2.45) is 0 Å². The van der Waals surface area contributed by atoms with Gasteiger partial charge in [-0.1, -0.05) is 6.07 Å². The molecular formula is C13H18N2O5S. The Labute approximate surface area is 123 Å². The van der Waals surface area contributed by atoms with Crippen LogP contribution in [0.4, 0.5) is 0 Å². The zero-order valence-electron chi connectivity index (χ0n) is 12.0. The summed E-state index contributed by atoms with van der Waals surface area (Å²) in [5.41, 5.74) is 0.268. The van der Waals surface area contributed by atoms with Gasteiger partial charge in [-0.2, -0.15) is 0 Å². The third kappa shape index (κ3) is 4.83. The van der Waals surface area contributed by atoms with Crippen molar-refractivity contribution in [3.8, 4) is 0 Å². The molecule has 1 amide bonds. The number of aryl methyl sites for hydroxylation is 1. The molecule has 0 aliphatic heterocycles. The van der Waals surface area contributed by atoms with Gasteiger partial charge in [-0.15, -0.1) is 0 Å². The number of carbonyl (C=O) groups excluding carboxylic acids is 1. The van der Waals surface area contributed by atoms with Crippen molar-refractivity contribution in [2.75, 3.05) is 6.54 Å². The highest BCUT2D eigenvalue weighted by molar-refractivity contribution is 7.89. The molecule has 1 aromatic rings. The van der Waals surface area contributed by atoms with Crippen LogP contribution in [0.1, 0.15) is 29.8 Å². The summed E-state index contributed by atoms with van der Waals surface area (Å²) >= 11 is 0. The molecule has 0 unspecified atom stereocenters. The SMILES string of the molecule is Cc1ccc(C(=O)O)cc1S(=O)(=O)NCC(=O)NC(C)C. The number of sulfonamides is 1. The fraction of sp³-hybridized carbons (Fsp3) is 0.385. The van der Waals surface area contributed by atoms with Crippen LogP contribution < -0.4 is 10.0 Å². The zero-order valence-corrected chi connectivity index (χ0v) is 12.8. The smallest absolute Gasteiger partial charge is 0.335 e. The molecule has 0 saturated carbocycles. The quantitative estimate of drug-likeness (QED) is 0.707. The van der Waals surface area contributed by atoms with Crippen LogP contribution in [0, 0.1) is 6.92 Å². The average Bonchev–Trinajstić information content (AvgIpc) is 2.35. The number of nitrogens with one attached hydrogen (secondary N) is 2. The standard InChI is InChI=1S/C13H18N2O5S/c1-8(2)15-12(16)7-14-21(19,20)11-6-10(13(17)18)5-4-9(11)3/h4-6,8,14H,7H2,1-3H3,(H,15,16)(H,17,18). The fourth-order valence-electron chi connectivity index (χ4n) is 1.63. The summed E-state index contributed by atoms with van der Waals surface area (Å²) in [6.07, 6.45) is 0. The first-order chi connectivity index (χ1) is 9.63. The van der Waals surface area contributed by atoms with E-state index in [1.807, 2.05) is 0 Å². The first kappa shape index (κ1) is 17.1. The van der Waals surface area contributed by atoms with Crippen LogP contribution in [0.2, 0.25) is 0 Å². The van der Waals surface area contributed by atoms with E-state index >= 15 is 0 Å². The summed E-state index contributed by atoms with van der Waals surface area (Å²) in [4.78, 5) is 22.2. The lowest BCUT2D eigenvalue weighted by atomic mass is 10.1. The van der Waals surface area contributed by atoms with Gasteiger partial charge < -0.3 is 10.4 Å². The second-order valence-corrected chi connectivity index (χ2v) is 6.57. The van der Waals surface area contributed by atoms with Gasteiger partial charge in [0.15, 0.2) is 0 Å². The Morgan fingerprint density at radius 1 is 1.29 bits per heavy atom. The summed E-state index contributed by atoms with van der Waals surface area (Å²) in [6, 6.07) is 3.70. The molecular weight excluding hydrogens is 296 g/mol. The zero-order chi connectivity index (χ0) is 16.2. The molecule has 0 atom stereocenters. The molecule has 0 saturated heterocycles. The lowest BCUT2D eigenvalue weighted by Gasteiger charge is -2.11. The molecule has 116 valence electrons. The molecule has 0 fully saturated rings. The van der Waals surface area contributed by atoms with Crippen LogP contribution in [0.3, 0.4) is 0 Å². The first-order valence-electron chi connectivity index (χ1n) is 6.26. The van der Waals surface area contributed by atoms with Gasteiger partial charge in [0.25, 0.3) is 0 Å². The normalized spacial score (nSPS) is 11.4. The van der Waals surface area contributed by atoms with Gasteiger partial charge in [0.2, 0.25) is 15.9 Å². The number of rotatable bonds is 6. The third-order valence-electron chi connectivity index (χ3n) is 2.60. The summed E-state index contributed by atoms with van der Waals surface area (Å²) in [5.74, 6) is -1.68. The van der Waals surface area contributed by atoms with Crippen molar-refractivity contribution in [3.05, 3.63) is 29.3 Å². The maximum atomic E-state index is 12.1. The van der Waals surface area contributed by atoms with Crippen molar-refractivity contribution in [1.29, 1.82) is 0 Å². The molecule has 0 spiro atoms. The summed E-state index contributed by atoms with van der Waals surface area (Å²) in [6.45, 7) is 4.66. The van der Waals surface area contributed by atoms with Gasteiger partial charge in [-0.3, -0.25) is 4.79 Å². The number of benzene rings is 1. The number of hydrogen-bond donors (Lipinski definition) is 3. The highest BCUT2D eigenvalue weighted by Crippen LogP contribution is 2.16. The third-order valence-corrected chi connectivity index (χ3v) is 4.14. The Morgan fingerprint density at radius 3 is 2.43 bits per heavy atom. The molecule has 7 nitrogen and oxygen atoms in total. The molecule has 0 aliphatic carbocycles. The maximum Gasteiger partial charge on any atom is 0.335 e. The highest BCUT2D eigenvalue weighted by Gasteiger charge is 2.20. The van der Waals surface area contributed by atoms with E-state index in [1.165, 1.54) is 12.1 Å². The van der Waals surface area contributed by atoms with E-state index in [4.69, 9.17) is 5.11 Å². The van der Waals surface area contributed by atoms with E-state index in [0.29, 0.717) is 5.56 Å². The Kier molecular flexibility index (Phi) is 5.45. The number of carboxylic acids is 1. The Bertz CT molecular complexity index is 653. The number of carboxylic acid groups (broad SMARTS) is 1. The summed E-state index contributed by atoms with van der Waals surface area (Å²) in [7, 11) is -3.95. The van der Waals surface area contributed by atoms with Crippen LogP contribution in [0.5, 0.6) is 0 Å². The van der Waals surface area contributed by atoms with Gasteiger partial charge in [0.1, 0.15) is 0 Å². The van der Waals surface area contributed by atoms with Crippen LogP contribution in [0.25, 0.3) is 0 Å². The fourth-order valence-corrected chi connectivity index (χ4v) is 2.88. The van der Waals surface area contributed by atoms with Crippen molar-refractivity contribution in [2.45, 2.75) is 31.7 Å². The minimum Gasteiger partial charge on any atom is -0.478 e. The van der Waals surface area contributed by atoms with E-state index < -0.39 is 28.4 Å². The predicted octanol–water partition coefficient (Wildman–Crippen LogP) is 0.496. The molecule has 3 N–H and O–H groups in total. The second kappa shape index (κ2) is 6.68. The number of hydrogen-bond acceptors (Lipinski definition) is 4. The monoisotopic (exact) mass is 314 g/mol. The minimum absolute atomic E-state index is 0.0981. The lowest BCUT2D eigenvalue weighted by molar-refractivity contribution is -0.120. The predicted molar refractivity (Wildman–Crippen MR) is 76.6 cm³/mol. The van der Waals surface area contributed by atoms with Crippen LogP contribution >= 0.6 is 0 Å². The molecule has 21 heavy (non-hydrogen) atoms. The molecule has 8 heteroatoms. The average molecular weight is 314 g/mol. The Morgan fingerprint density at radius 2 is 1.90 bits per heavy atom. The van der Waals surface area contributed by atoms with E-state index in [0.717, 1.165) is 6.07 Å². The van der Waals surface area contributed by atoms with Gasteiger partial charge in [-0.05, 0) is 38.5 Å². The van der Waals surface area contributed by atoms with E-state index in [-0.39, 0.29) is 16.5 Å². The molecule has 1 aromatic carbocycles. The van der Waals surface area contributed by atoms with Gasteiger partial charge in [0.05, 0.1) is 17.0 Å². The van der Waals surface area contributed by atoms with Gasteiger partial charge >= 0.3 is 5.97 Å². The molecule has 0 radical (unpaired) electrons. The summed E-state index contributed by atoms with van der Waals surface area (Å²) in [5, 5.41) is 11.5. The van der Waals surface area contributed by atoms with Crippen LogP contribution in [0.15, 0.2) is 23.1 Å². The molecule has 0 aliphatic rings. The van der Waals surface area contributed by atoms with Crippen LogP contribution in [-0.4, -0.2) is 38.0 Å². The Hall–Kier alpha value is -1.93. The van der Waals surface area contributed by atoms with Crippen molar-refractivity contribution in [3.63, 3.8) is 0 Å². The highest BCUT2D eigenvalue weighted by atomic mass is 32.2.